The molecule has 0 aliphatic heterocycles. The zero-order chi connectivity index (χ0) is 9.26. The Labute approximate surface area is 78.9 Å². The van der Waals surface area contributed by atoms with Crippen LogP contribution in [0.2, 0.25) is 0 Å². The largest absolute Gasteiger partial charge is 0.328 e. The van der Waals surface area contributed by atoms with Crippen molar-refractivity contribution in [2.24, 2.45) is 5.73 Å². The first-order chi connectivity index (χ1) is 6.35. The molecule has 72 valence electrons. The highest BCUT2D eigenvalue weighted by Gasteiger charge is 2.26. The Morgan fingerprint density at radius 2 is 2.46 bits per heavy atom. The van der Waals surface area contributed by atoms with E-state index < -0.39 is 0 Å². The smallest absolute Gasteiger partial charge is 0.0655 e. The number of nitrogens with zero attached hydrogens (tertiary/aromatic N) is 2. The van der Waals surface area contributed by atoms with Crippen LogP contribution in [-0.2, 0) is 0 Å². The molecule has 1 atom stereocenters. The molecule has 3 heteroatoms. The molecule has 1 fully saturated rings. The van der Waals surface area contributed by atoms with Gasteiger partial charge in [-0.15, -0.1) is 0 Å². The normalized spacial score (nSPS) is 18.9. The van der Waals surface area contributed by atoms with Gasteiger partial charge in [-0.05, 0) is 25.3 Å². The molecule has 0 spiro atoms. The van der Waals surface area contributed by atoms with Gasteiger partial charge in [0.15, 0.2) is 0 Å². The molecule has 0 amide bonds. The van der Waals surface area contributed by atoms with E-state index in [0.29, 0.717) is 12.6 Å². The third-order valence-corrected chi connectivity index (χ3v) is 2.74. The maximum Gasteiger partial charge on any atom is 0.0655 e. The molecule has 2 N–H and O–H groups in total. The standard InChI is InChI=1S/C10H17N3/c1-2-9(7-11)13-6-5-10(12-13)8-3-4-8/h5-6,8-9H,2-4,7,11H2,1H3. The Hall–Kier alpha value is -0.830. The second-order valence-electron chi connectivity index (χ2n) is 3.79. The fraction of sp³-hybridized carbons (Fsp3) is 0.700. The number of aromatic nitrogens is 2. The topological polar surface area (TPSA) is 43.8 Å². The van der Waals surface area contributed by atoms with E-state index in [1.807, 2.05) is 4.68 Å². The van der Waals surface area contributed by atoms with E-state index in [4.69, 9.17) is 5.73 Å². The van der Waals surface area contributed by atoms with Gasteiger partial charge in [-0.3, -0.25) is 4.68 Å². The van der Waals surface area contributed by atoms with Gasteiger partial charge in [0, 0.05) is 18.7 Å². The molecule has 1 heterocycles. The predicted molar refractivity (Wildman–Crippen MR) is 52.6 cm³/mol. The van der Waals surface area contributed by atoms with Crippen LogP contribution in [0.1, 0.15) is 43.8 Å². The predicted octanol–water partition coefficient (Wildman–Crippen LogP) is 1.67. The van der Waals surface area contributed by atoms with Crippen LogP contribution in [-0.4, -0.2) is 16.3 Å². The van der Waals surface area contributed by atoms with Crippen LogP contribution in [0, 0.1) is 0 Å². The fourth-order valence-electron chi connectivity index (χ4n) is 1.61. The van der Waals surface area contributed by atoms with Crippen LogP contribution < -0.4 is 5.73 Å². The van der Waals surface area contributed by atoms with Crippen molar-refractivity contribution in [2.75, 3.05) is 6.54 Å². The third kappa shape index (κ3) is 1.75. The summed E-state index contributed by atoms with van der Waals surface area (Å²) in [5, 5.41) is 4.55. The molecule has 0 bridgehead atoms. The van der Waals surface area contributed by atoms with E-state index in [-0.39, 0.29) is 0 Å². The van der Waals surface area contributed by atoms with Gasteiger partial charge in [-0.1, -0.05) is 6.92 Å². The van der Waals surface area contributed by atoms with Crippen LogP contribution in [0.3, 0.4) is 0 Å². The summed E-state index contributed by atoms with van der Waals surface area (Å²) in [6, 6.07) is 2.52. The molecule has 1 aromatic rings. The highest BCUT2D eigenvalue weighted by Crippen LogP contribution is 2.39. The molecule has 3 nitrogen and oxygen atoms in total. The average Bonchev–Trinajstić information content (AvgIpc) is 2.89. The summed E-state index contributed by atoms with van der Waals surface area (Å²) in [6.45, 7) is 2.83. The molecular formula is C10H17N3. The fourth-order valence-corrected chi connectivity index (χ4v) is 1.61. The summed E-state index contributed by atoms with van der Waals surface area (Å²) >= 11 is 0. The highest BCUT2D eigenvalue weighted by atomic mass is 15.3. The lowest BCUT2D eigenvalue weighted by Crippen LogP contribution is -2.18. The molecule has 13 heavy (non-hydrogen) atoms. The second kappa shape index (κ2) is 3.50. The van der Waals surface area contributed by atoms with Gasteiger partial charge in [-0.2, -0.15) is 5.10 Å². The summed E-state index contributed by atoms with van der Waals surface area (Å²) in [5.74, 6) is 0.747. The van der Waals surface area contributed by atoms with Crippen LogP contribution in [0.15, 0.2) is 12.3 Å². The summed E-state index contributed by atoms with van der Waals surface area (Å²) < 4.78 is 2.02. The van der Waals surface area contributed by atoms with E-state index in [1.165, 1.54) is 18.5 Å². The molecule has 0 aromatic carbocycles. The second-order valence-corrected chi connectivity index (χ2v) is 3.79. The highest BCUT2D eigenvalue weighted by molar-refractivity contribution is 5.12. The van der Waals surface area contributed by atoms with Crippen LogP contribution in [0.5, 0.6) is 0 Å². The van der Waals surface area contributed by atoms with Crippen molar-refractivity contribution in [2.45, 2.75) is 38.1 Å². The molecule has 2 rings (SSSR count). The lowest BCUT2D eigenvalue weighted by Gasteiger charge is -2.12. The first-order valence-corrected chi connectivity index (χ1v) is 5.10. The minimum absolute atomic E-state index is 0.382. The van der Waals surface area contributed by atoms with Gasteiger partial charge < -0.3 is 5.73 Å². The van der Waals surface area contributed by atoms with Crippen molar-refractivity contribution in [1.82, 2.24) is 9.78 Å². The SMILES string of the molecule is CCC(CN)n1ccc(C2CC2)n1. The zero-order valence-corrected chi connectivity index (χ0v) is 8.11. The number of hydrogen-bond acceptors (Lipinski definition) is 2. The molecule has 1 unspecified atom stereocenters. The summed E-state index contributed by atoms with van der Waals surface area (Å²) in [7, 11) is 0. The Morgan fingerprint density at radius 1 is 1.69 bits per heavy atom. The van der Waals surface area contributed by atoms with Crippen molar-refractivity contribution >= 4 is 0 Å². The molecule has 1 aliphatic carbocycles. The number of nitrogens with two attached hydrogens (primary N) is 1. The van der Waals surface area contributed by atoms with Crippen molar-refractivity contribution in [3.8, 4) is 0 Å². The quantitative estimate of drug-likeness (QED) is 0.764. The Morgan fingerprint density at radius 3 is 3.00 bits per heavy atom. The van der Waals surface area contributed by atoms with Gasteiger partial charge in [0.25, 0.3) is 0 Å². The number of hydrogen-bond donors (Lipinski definition) is 1. The molecule has 1 aliphatic rings. The van der Waals surface area contributed by atoms with Gasteiger partial charge in [0.05, 0.1) is 11.7 Å². The van der Waals surface area contributed by atoms with Crippen molar-refractivity contribution in [1.29, 1.82) is 0 Å². The number of rotatable bonds is 4. The maximum atomic E-state index is 5.66. The Balaban J connectivity index is 2.10. The van der Waals surface area contributed by atoms with Crippen molar-refractivity contribution in [3.63, 3.8) is 0 Å². The van der Waals surface area contributed by atoms with Crippen LogP contribution in [0.4, 0.5) is 0 Å². The van der Waals surface area contributed by atoms with Gasteiger partial charge in [-0.25, -0.2) is 0 Å². The average molecular weight is 179 g/mol. The van der Waals surface area contributed by atoms with Gasteiger partial charge in [0.1, 0.15) is 0 Å². The lowest BCUT2D eigenvalue weighted by molar-refractivity contribution is 0.446. The van der Waals surface area contributed by atoms with Crippen molar-refractivity contribution < 1.29 is 0 Å². The van der Waals surface area contributed by atoms with Crippen molar-refractivity contribution in [3.05, 3.63) is 18.0 Å². The van der Waals surface area contributed by atoms with E-state index in [9.17, 15) is 0 Å². The van der Waals surface area contributed by atoms with Crippen LogP contribution in [0.25, 0.3) is 0 Å². The Kier molecular flexibility index (Phi) is 2.36. The van der Waals surface area contributed by atoms with Gasteiger partial charge >= 0.3 is 0 Å². The molecule has 1 aromatic heterocycles. The Bertz CT molecular complexity index is 271. The monoisotopic (exact) mass is 179 g/mol. The van der Waals surface area contributed by atoms with E-state index in [1.54, 1.807) is 0 Å². The zero-order valence-electron chi connectivity index (χ0n) is 8.11. The third-order valence-electron chi connectivity index (χ3n) is 2.74. The maximum absolute atomic E-state index is 5.66. The summed E-state index contributed by atoms with van der Waals surface area (Å²) in [6.07, 6.45) is 5.75. The van der Waals surface area contributed by atoms with E-state index in [0.717, 1.165) is 12.3 Å². The lowest BCUT2D eigenvalue weighted by atomic mass is 10.2. The first kappa shape index (κ1) is 8.75. The van der Waals surface area contributed by atoms with E-state index in [2.05, 4.69) is 24.3 Å². The van der Waals surface area contributed by atoms with Crippen LogP contribution >= 0.6 is 0 Å². The van der Waals surface area contributed by atoms with E-state index >= 15 is 0 Å². The van der Waals surface area contributed by atoms with Gasteiger partial charge in [0.2, 0.25) is 0 Å². The summed E-state index contributed by atoms with van der Waals surface area (Å²) in [5.41, 5.74) is 6.91. The minimum atomic E-state index is 0.382. The molecule has 0 saturated heterocycles. The summed E-state index contributed by atoms with van der Waals surface area (Å²) in [4.78, 5) is 0. The molecule has 0 radical (unpaired) electrons. The minimum Gasteiger partial charge on any atom is -0.328 e. The molecular weight excluding hydrogens is 162 g/mol. The molecule has 1 saturated carbocycles. The first-order valence-electron chi connectivity index (χ1n) is 5.10.